The van der Waals surface area contributed by atoms with E-state index < -0.39 is 0 Å². The van der Waals surface area contributed by atoms with Gasteiger partial charge in [0.2, 0.25) is 11.8 Å². The molecule has 0 aromatic heterocycles. The third-order valence-electron chi connectivity index (χ3n) is 3.03. The first kappa shape index (κ1) is 16.0. The second-order valence-corrected chi connectivity index (χ2v) is 6.20. The zero-order valence-electron chi connectivity index (χ0n) is 12.4. The van der Waals surface area contributed by atoms with E-state index >= 15 is 0 Å². The molecule has 0 aromatic carbocycles. The van der Waals surface area contributed by atoms with Crippen molar-refractivity contribution in [3.05, 3.63) is 0 Å². The Bertz CT molecular complexity index is 302. The SMILES string of the molecule is CC(C)(C)NC(=O)CNCC(=O)N1CCCCCC1. The minimum atomic E-state index is -0.229. The predicted octanol–water partition coefficient (Wildman–Crippen LogP) is 0.893. The summed E-state index contributed by atoms with van der Waals surface area (Å²) < 4.78 is 0. The van der Waals surface area contributed by atoms with Crippen LogP contribution >= 0.6 is 0 Å². The Labute approximate surface area is 116 Å². The second-order valence-electron chi connectivity index (χ2n) is 6.20. The van der Waals surface area contributed by atoms with Gasteiger partial charge in [-0.15, -0.1) is 0 Å². The summed E-state index contributed by atoms with van der Waals surface area (Å²) >= 11 is 0. The summed E-state index contributed by atoms with van der Waals surface area (Å²) in [4.78, 5) is 25.4. The van der Waals surface area contributed by atoms with Gasteiger partial charge in [-0.25, -0.2) is 0 Å². The van der Waals surface area contributed by atoms with Gasteiger partial charge in [0.1, 0.15) is 0 Å². The Morgan fingerprint density at radius 3 is 2.11 bits per heavy atom. The first-order chi connectivity index (χ1) is 8.88. The van der Waals surface area contributed by atoms with Crippen LogP contribution in [0.15, 0.2) is 0 Å². The van der Waals surface area contributed by atoms with Crippen molar-refractivity contribution in [2.45, 2.75) is 52.0 Å². The molecule has 5 heteroatoms. The quantitative estimate of drug-likeness (QED) is 0.797. The maximum absolute atomic E-state index is 11.9. The monoisotopic (exact) mass is 269 g/mol. The van der Waals surface area contributed by atoms with E-state index in [-0.39, 0.29) is 30.4 Å². The van der Waals surface area contributed by atoms with Gasteiger partial charge >= 0.3 is 0 Å². The molecule has 1 aliphatic rings. The molecule has 2 N–H and O–H groups in total. The lowest BCUT2D eigenvalue weighted by Gasteiger charge is -2.22. The number of amides is 2. The Hall–Kier alpha value is -1.10. The van der Waals surface area contributed by atoms with Crippen LogP contribution in [-0.2, 0) is 9.59 Å². The summed E-state index contributed by atoms with van der Waals surface area (Å²) in [5.74, 6) is 0.0293. The normalized spacial score (nSPS) is 16.9. The summed E-state index contributed by atoms with van der Waals surface area (Å²) in [5.41, 5.74) is -0.229. The lowest BCUT2D eigenvalue weighted by molar-refractivity contribution is -0.130. The molecule has 0 radical (unpaired) electrons. The van der Waals surface area contributed by atoms with Gasteiger partial charge in [0.15, 0.2) is 0 Å². The average molecular weight is 269 g/mol. The highest BCUT2D eigenvalue weighted by Crippen LogP contribution is 2.09. The number of nitrogens with zero attached hydrogens (tertiary/aromatic N) is 1. The number of carbonyl (C=O) groups excluding carboxylic acids is 2. The molecular formula is C14H27N3O2. The molecule has 2 amide bonds. The molecule has 1 rings (SSSR count). The largest absolute Gasteiger partial charge is 0.350 e. The summed E-state index contributed by atoms with van der Waals surface area (Å²) in [5, 5.41) is 5.78. The van der Waals surface area contributed by atoms with E-state index in [9.17, 15) is 9.59 Å². The van der Waals surface area contributed by atoms with Crippen LogP contribution in [0, 0.1) is 0 Å². The Balaban J connectivity index is 2.21. The van der Waals surface area contributed by atoms with Crippen LogP contribution in [0.2, 0.25) is 0 Å². The molecule has 1 heterocycles. The predicted molar refractivity (Wildman–Crippen MR) is 75.8 cm³/mol. The third-order valence-corrected chi connectivity index (χ3v) is 3.03. The standard InChI is InChI=1S/C14H27N3O2/c1-14(2,3)16-12(18)10-15-11-13(19)17-8-6-4-5-7-9-17/h15H,4-11H2,1-3H3,(H,16,18). The maximum atomic E-state index is 11.9. The van der Waals surface area contributed by atoms with Crippen LogP contribution in [-0.4, -0.2) is 48.4 Å². The van der Waals surface area contributed by atoms with Gasteiger partial charge < -0.3 is 10.2 Å². The Morgan fingerprint density at radius 1 is 1.00 bits per heavy atom. The minimum absolute atomic E-state index is 0.0730. The van der Waals surface area contributed by atoms with E-state index in [2.05, 4.69) is 10.6 Å². The molecule has 0 bridgehead atoms. The van der Waals surface area contributed by atoms with Gasteiger partial charge in [-0.2, -0.15) is 0 Å². The number of nitrogens with one attached hydrogen (secondary N) is 2. The number of hydrogen-bond acceptors (Lipinski definition) is 3. The zero-order chi connectivity index (χ0) is 14.3. The third kappa shape index (κ3) is 7.15. The molecule has 1 saturated heterocycles. The van der Waals surface area contributed by atoms with Crippen molar-refractivity contribution in [2.24, 2.45) is 0 Å². The highest BCUT2D eigenvalue weighted by molar-refractivity contribution is 5.81. The van der Waals surface area contributed by atoms with Crippen molar-refractivity contribution < 1.29 is 9.59 Å². The van der Waals surface area contributed by atoms with Crippen molar-refractivity contribution in [3.63, 3.8) is 0 Å². The Morgan fingerprint density at radius 2 is 1.58 bits per heavy atom. The molecular weight excluding hydrogens is 242 g/mol. The van der Waals surface area contributed by atoms with Crippen LogP contribution < -0.4 is 10.6 Å². The van der Waals surface area contributed by atoms with Crippen molar-refractivity contribution >= 4 is 11.8 Å². The first-order valence-electron chi connectivity index (χ1n) is 7.18. The van der Waals surface area contributed by atoms with Gasteiger partial charge in [-0.3, -0.25) is 14.9 Å². The zero-order valence-corrected chi connectivity index (χ0v) is 12.4. The molecule has 0 unspecified atom stereocenters. The fourth-order valence-electron chi connectivity index (χ4n) is 2.18. The number of likely N-dealkylation sites (tertiary alicyclic amines) is 1. The molecule has 0 aliphatic carbocycles. The fraction of sp³-hybridized carbons (Fsp3) is 0.857. The fourth-order valence-corrected chi connectivity index (χ4v) is 2.18. The summed E-state index contributed by atoms with van der Waals surface area (Å²) in [6, 6.07) is 0. The molecule has 0 saturated carbocycles. The lowest BCUT2D eigenvalue weighted by atomic mass is 10.1. The smallest absolute Gasteiger partial charge is 0.236 e. The van der Waals surface area contributed by atoms with Gasteiger partial charge in [0.25, 0.3) is 0 Å². The highest BCUT2D eigenvalue weighted by atomic mass is 16.2. The van der Waals surface area contributed by atoms with Crippen molar-refractivity contribution in [3.8, 4) is 0 Å². The van der Waals surface area contributed by atoms with E-state index in [0.29, 0.717) is 0 Å². The maximum Gasteiger partial charge on any atom is 0.236 e. The van der Waals surface area contributed by atoms with Crippen molar-refractivity contribution in [1.82, 2.24) is 15.5 Å². The van der Waals surface area contributed by atoms with Crippen LogP contribution in [0.25, 0.3) is 0 Å². The molecule has 0 aromatic rings. The summed E-state index contributed by atoms with van der Waals surface area (Å²) in [6.45, 7) is 7.96. The summed E-state index contributed by atoms with van der Waals surface area (Å²) in [6.07, 6.45) is 4.61. The van der Waals surface area contributed by atoms with Crippen molar-refractivity contribution in [1.29, 1.82) is 0 Å². The molecule has 110 valence electrons. The molecule has 19 heavy (non-hydrogen) atoms. The van der Waals surface area contributed by atoms with Crippen molar-refractivity contribution in [2.75, 3.05) is 26.2 Å². The topological polar surface area (TPSA) is 61.4 Å². The molecule has 5 nitrogen and oxygen atoms in total. The van der Waals surface area contributed by atoms with E-state index in [1.54, 1.807) is 0 Å². The van der Waals surface area contributed by atoms with Crippen LogP contribution in [0.5, 0.6) is 0 Å². The Kier molecular flexibility index (Phi) is 6.28. The average Bonchev–Trinajstić information content (AvgIpc) is 2.54. The molecule has 0 atom stereocenters. The van der Waals surface area contributed by atoms with E-state index in [0.717, 1.165) is 25.9 Å². The lowest BCUT2D eigenvalue weighted by Crippen LogP contribution is -2.46. The van der Waals surface area contributed by atoms with E-state index in [4.69, 9.17) is 0 Å². The van der Waals surface area contributed by atoms with Gasteiger partial charge in [0.05, 0.1) is 13.1 Å². The van der Waals surface area contributed by atoms with Gasteiger partial charge in [0, 0.05) is 18.6 Å². The molecule has 0 spiro atoms. The van der Waals surface area contributed by atoms with Crippen LogP contribution in [0.1, 0.15) is 46.5 Å². The molecule has 1 aliphatic heterocycles. The van der Waals surface area contributed by atoms with Gasteiger partial charge in [-0.1, -0.05) is 12.8 Å². The van der Waals surface area contributed by atoms with E-state index in [1.165, 1.54) is 12.8 Å². The van der Waals surface area contributed by atoms with E-state index in [1.807, 2.05) is 25.7 Å². The second kappa shape index (κ2) is 7.48. The molecule has 1 fully saturated rings. The number of carbonyl (C=O) groups is 2. The van der Waals surface area contributed by atoms with Crippen LogP contribution in [0.4, 0.5) is 0 Å². The minimum Gasteiger partial charge on any atom is -0.350 e. The first-order valence-corrected chi connectivity index (χ1v) is 7.18. The van der Waals surface area contributed by atoms with Gasteiger partial charge in [-0.05, 0) is 33.6 Å². The summed E-state index contributed by atoms with van der Waals surface area (Å²) in [7, 11) is 0. The van der Waals surface area contributed by atoms with Crippen LogP contribution in [0.3, 0.4) is 0 Å². The number of rotatable bonds is 4. The highest BCUT2D eigenvalue weighted by Gasteiger charge is 2.16. The number of hydrogen-bond donors (Lipinski definition) is 2.